The number of carbonyl (C=O) groups is 3. The van der Waals surface area contributed by atoms with Crippen molar-refractivity contribution in [1.29, 1.82) is 0 Å². The number of carbonyl (C=O) groups excluding carboxylic acids is 3. The van der Waals surface area contributed by atoms with Crippen molar-refractivity contribution in [2.75, 3.05) is 13.1 Å². The van der Waals surface area contributed by atoms with Gasteiger partial charge in [-0.1, -0.05) is 39.2 Å². The van der Waals surface area contributed by atoms with Gasteiger partial charge in [-0.3, -0.25) is 19.1 Å². The maximum Gasteiger partial charge on any atom is 0.242 e. The van der Waals surface area contributed by atoms with Crippen LogP contribution in [0.5, 0.6) is 5.75 Å². The van der Waals surface area contributed by atoms with Gasteiger partial charge >= 0.3 is 0 Å². The number of benzene rings is 1. The number of hydrogen-bond donors (Lipinski definition) is 4. The quantitative estimate of drug-likeness (QED) is 0.364. The molecule has 10 nitrogen and oxygen atoms in total. The van der Waals surface area contributed by atoms with Crippen LogP contribution in [-0.4, -0.2) is 61.3 Å². The number of nitrogens with zero attached hydrogens (tertiary/aromatic N) is 1. The van der Waals surface area contributed by atoms with Gasteiger partial charge in [0.05, 0.1) is 30.6 Å². The van der Waals surface area contributed by atoms with E-state index in [-0.39, 0.29) is 36.5 Å². The third-order valence-corrected chi connectivity index (χ3v) is 9.48. The SMILES string of the molecule is CC(C)[C@@H](N)C(=O)NCC(=O)N1CC(c2ccc(O)c(C3CC(=O)NS3(=O)=O)c2F)=C[C@H]1CCC1CCC1. The van der Waals surface area contributed by atoms with Crippen LogP contribution in [0.25, 0.3) is 5.57 Å². The Bertz CT molecular complexity index is 1260. The van der Waals surface area contributed by atoms with Gasteiger partial charge in [0, 0.05) is 12.1 Å². The predicted octanol–water partition coefficient (Wildman–Crippen LogP) is 1.70. The molecule has 5 N–H and O–H groups in total. The Kier molecular flexibility index (Phi) is 8.12. The molecule has 1 saturated carbocycles. The molecule has 2 heterocycles. The van der Waals surface area contributed by atoms with E-state index in [4.69, 9.17) is 5.73 Å². The smallest absolute Gasteiger partial charge is 0.242 e. The summed E-state index contributed by atoms with van der Waals surface area (Å²) in [5.74, 6) is -2.55. The minimum Gasteiger partial charge on any atom is -0.508 e. The second-order valence-corrected chi connectivity index (χ2v) is 12.6. The second kappa shape index (κ2) is 11.0. The van der Waals surface area contributed by atoms with Gasteiger partial charge in [0.2, 0.25) is 27.7 Å². The van der Waals surface area contributed by atoms with Gasteiger partial charge in [0.25, 0.3) is 0 Å². The van der Waals surface area contributed by atoms with E-state index in [1.54, 1.807) is 11.0 Å². The average molecular weight is 551 g/mol. The van der Waals surface area contributed by atoms with Gasteiger partial charge in [0.1, 0.15) is 16.8 Å². The zero-order valence-electron chi connectivity index (χ0n) is 21.6. The third kappa shape index (κ3) is 5.70. The molecule has 1 aromatic rings. The van der Waals surface area contributed by atoms with Crippen LogP contribution in [0.15, 0.2) is 18.2 Å². The number of sulfonamides is 1. The Morgan fingerprint density at radius 3 is 2.55 bits per heavy atom. The third-order valence-electron chi connectivity index (χ3n) is 7.81. The first kappa shape index (κ1) is 28.0. The molecule has 0 bridgehead atoms. The number of phenolic OH excluding ortho intramolecular Hbond substituents is 1. The van der Waals surface area contributed by atoms with Crippen LogP contribution in [-0.2, 0) is 24.4 Å². The molecule has 12 heteroatoms. The summed E-state index contributed by atoms with van der Waals surface area (Å²) in [5.41, 5.74) is 5.93. The first-order valence-corrected chi connectivity index (χ1v) is 14.5. The molecule has 38 heavy (non-hydrogen) atoms. The molecule has 3 amide bonds. The molecule has 1 unspecified atom stereocenters. The normalized spacial score (nSPS) is 23.7. The summed E-state index contributed by atoms with van der Waals surface area (Å²) in [7, 11) is -4.19. The highest BCUT2D eigenvalue weighted by molar-refractivity contribution is 7.90. The predicted molar refractivity (Wildman–Crippen MR) is 138 cm³/mol. The first-order valence-electron chi connectivity index (χ1n) is 13.0. The molecule has 1 aliphatic carbocycles. The molecule has 2 aliphatic heterocycles. The lowest BCUT2D eigenvalue weighted by molar-refractivity contribution is -0.133. The van der Waals surface area contributed by atoms with E-state index in [9.17, 15) is 27.9 Å². The van der Waals surface area contributed by atoms with Gasteiger partial charge in [-0.05, 0) is 42.4 Å². The summed E-state index contributed by atoms with van der Waals surface area (Å²) < 4.78 is 42.4. The van der Waals surface area contributed by atoms with E-state index in [2.05, 4.69) is 5.32 Å². The van der Waals surface area contributed by atoms with Gasteiger partial charge in [-0.2, -0.15) is 0 Å². The lowest BCUT2D eigenvalue weighted by Gasteiger charge is -2.30. The van der Waals surface area contributed by atoms with Crippen LogP contribution in [0.4, 0.5) is 4.39 Å². The molecule has 0 aromatic heterocycles. The van der Waals surface area contributed by atoms with Crippen LogP contribution in [0, 0.1) is 17.7 Å². The highest BCUT2D eigenvalue weighted by atomic mass is 32.2. The number of nitrogens with one attached hydrogen (secondary N) is 2. The van der Waals surface area contributed by atoms with Crippen molar-refractivity contribution >= 4 is 33.3 Å². The van der Waals surface area contributed by atoms with Gasteiger partial charge in [0.15, 0.2) is 0 Å². The minimum atomic E-state index is -4.19. The molecule has 0 radical (unpaired) electrons. The van der Waals surface area contributed by atoms with Crippen LogP contribution in [0.2, 0.25) is 0 Å². The van der Waals surface area contributed by atoms with Crippen molar-refractivity contribution in [3.8, 4) is 5.75 Å². The number of nitrogens with two attached hydrogens (primary N) is 1. The molecule has 4 rings (SSSR count). The second-order valence-electron chi connectivity index (χ2n) is 10.8. The summed E-state index contributed by atoms with van der Waals surface area (Å²) in [6, 6.07) is 1.47. The monoisotopic (exact) mass is 550 g/mol. The van der Waals surface area contributed by atoms with E-state index in [0.717, 1.165) is 19.3 Å². The number of amides is 3. The fourth-order valence-electron chi connectivity index (χ4n) is 5.18. The van der Waals surface area contributed by atoms with E-state index in [1.165, 1.54) is 18.6 Å². The number of hydrogen-bond acceptors (Lipinski definition) is 7. The standard InChI is InChI=1S/C26H35FN4O6S/c1-14(2)25(28)26(35)29-12-22(34)31-13-16(10-17(31)7-6-15-4-3-5-15)18-8-9-19(32)23(24(18)27)20-11-21(33)30-38(20,36)37/h8-10,14-15,17,20,25,32H,3-7,11-13,28H2,1-2H3,(H,29,35)(H,30,33)/t17-,20?,25-/m1/s1. The molecule has 3 aliphatic rings. The summed E-state index contributed by atoms with van der Waals surface area (Å²) in [6.45, 7) is 3.42. The topological polar surface area (TPSA) is 159 Å². The maximum absolute atomic E-state index is 15.8. The average Bonchev–Trinajstić information content (AvgIpc) is 3.35. The van der Waals surface area contributed by atoms with E-state index < -0.39 is 56.7 Å². The molecule has 1 aromatic carbocycles. The highest BCUT2D eigenvalue weighted by Crippen LogP contribution is 2.41. The lowest BCUT2D eigenvalue weighted by Crippen LogP contribution is -2.49. The minimum absolute atomic E-state index is 0.0516. The van der Waals surface area contributed by atoms with Crippen LogP contribution < -0.4 is 15.8 Å². The van der Waals surface area contributed by atoms with Crippen LogP contribution in [0.1, 0.15) is 68.7 Å². The number of rotatable bonds is 9. The maximum atomic E-state index is 15.8. The van der Waals surface area contributed by atoms with Gasteiger partial charge in [-0.15, -0.1) is 0 Å². The van der Waals surface area contributed by atoms with Crippen molar-refractivity contribution < 1.29 is 32.3 Å². The fourth-order valence-corrected chi connectivity index (χ4v) is 6.63. The van der Waals surface area contributed by atoms with Gasteiger partial charge < -0.3 is 21.1 Å². The lowest BCUT2D eigenvalue weighted by atomic mass is 9.81. The zero-order chi connectivity index (χ0) is 27.8. The van der Waals surface area contributed by atoms with Crippen molar-refractivity contribution in [2.24, 2.45) is 17.6 Å². The Morgan fingerprint density at radius 1 is 1.26 bits per heavy atom. The highest BCUT2D eigenvalue weighted by Gasteiger charge is 2.42. The van der Waals surface area contributed by atoms with E-state index in [0.29, 0.717) is 17.9 Å². The Hall–Kier alpha value is -2.99. The summed E-state index contributed by atoms with van der Waals surface area (Å²) in [6.07, 6.45) is 6.33. The van der Waals surface area contributed by atoms with Crippen molar-refractivity contribution in [1.82, 2.24) is 14.9 Å². The molecule has 2 fully saturated rings. The Balaban J connectivity index is 1.58. The zero-order valence-corrected chi connectivity index (χ0v) is 22.4. The number of aromatic hydroxyl groups is 1. The molecular formula is C26H35FN4O6S. The summed E-state index contributed by atoms with van der Waals surface area (Å²) >= 11 is 0. The molecule has 3 atom stereocenters. The van der Waals surface area contributed by atoms with Crippen LogP contribution >= 0.6 is 0 Å². The molecular weight excluding hydrogens is 515 g/mol. The van der Waals surface area contributed by atoms with Crippen molar-refractivity contribution in [3.63, 3.8) is 0 Å². The number of phenols is 1. The van der Waals surface area contributed by atoms with E-state index >= 15 is 4.39 Å². The molecule has 1 saturated heterocycles. The first-order chi connectivity index (χ1) is 17.9. The molecule has 0 spiro atoms. The van der Waals surface area contributed by atoms with E-state index in [1.807, 2.05) is 18.6 Å². The summed E-state index contributed by atoms with van der Waals surface area (Å²) in [5, 5.41) is 11.4. The molecule has 208 valence electrons. The Morgan fingerprint density at radius 2 is 1.97 bits per heavy atom. The van der Waals surface area contributed by atoms with Crippen LogP contribution in [0.3, 0.4) is 0 Å². The Labute approximate surface area is 221 Å². The van der Waals surface area contributed by atoms with Crippen molar-refractivity contribution in [3.05, 3.63) is 35.2 Å². The number of halogens is 1. The summed E-state index contributed by atoms with van der Waals surface area (Å²) in [4.78, 5) is 38.8. The van der Waals surface area contributed by atoms with Gasteiger partial charge in [-0.25, -0.2) is 12.8 Å². The fraction of sp³-hybridized carbons (Fsp3) is 0.577. The van der Waals surface area contributed by atoms with Crippen molar-refractivity contribution in [2.45, 2.75) is 69.7 Å². The largest absolute Gasteiger partial charge is 0.508 e.